The normalized spacial score (nSPS) is 11.8. The predicted octanol–water partition coefficient (Wildman–Crippen LogP) is 0.250. The fourth-order valence-electron chi connectivity index (χ4n) is 1.66. The van der Waals surface area contributed by atoms with Crippen LogP contribution in [0.1, 0.15) is 22.0 Å². The van der Waals surface area contributed by atoms with Crippen molar-refractivity contribution in [2.75, 3.05) is 12.3 Å². The number of hydrogen-bond donors (Lipinski definition) is 3. The highest BCUT2D eigenvalue weighted by Gasteiger charge is 2.22. The van der Waals surface area contributed by atoms with Crippen molar-refractivity contribution < 1.29 is 19.3 Å². The zero-order valence-electron chi connectivity index (χ0n) is 10.3. The second-order valence-corrected chi connectivity index (χ2v) is 4.01. The van der Waals surface area contributed by atoms with E-state index in [2.05, 4.69) is 20.3 Å². The van der Waals surface area contributed by atoms with Gasteiger partial charge in [0.15, 0.2) is 0 Å². The SMILES string of the molecule is Nc1nonc1C(=O)NCC(C(=O)O)c1ccccc1. The lowest BCUT2D eigenvalue weighted by molar-refractivity contribution is -0.138. The van der Waals surface area contributed by atoms with Gasteiger partial charge in [-0.25, -0.2) is 4.63 Å². The molecule has 1 amide bonds. The molecule has 1 heterocycles. The third kappa shape index (κ3) is 2.91. The molecule has 0 bridgehead atoms. The Morgan fingerprint density at radius 3 is 2.55 bits per heavy atom. The van der Waals surface area contributed by atoms with E-state index in [0.29, 0.717) is 5.56 Å². The molecular weight excluding hydrogens is 264 g/mol. The minimum Gasteiger partial charge on any atom is -0.481 e. The molecule has 0 aliphatic heterocycles. The molecule has 2 aromatic rings. The molecule has 0 saturated heterocycles. The minimum absolute atomic E-state index is 0.0928. The molecule has 0 aliphatic rings. The summed E-state index contributed by atoms with van der Waals surface area (Å²) >= 11 is 0. The molecule has 0 saturated carbocycles. The Bertz CT molecular complexity index is 611. The summed E-state index contributed by atoms with van der Waals surface area (Å²) in [7, 11) is 0. The van der Waals surface area contributed by atoms with Gasteiger partial charge in [-0.2, -0.15) is 0 Å². The Morgan fingerprint density at radius 1 is 1.30 bits per heavy atom. The van der Waals surface area contributed by atoms with Crippen molar-refractivity contribution in [1.82, 2.24) is 15.6 Å². The van der Waals surface area contributed by atoms with Crippen molar-refractivity contribution in [3.63, 3.8) is 0 Å². The van der Waals surface area contributed by atoms with Crippen LogP contribution in [0.2, 0.25) is 0 Å². The van der Waals surface area contributed by atoms with E-state index in [1.54, 1.807) is 30.3 Å². The van der Waals surface area contributed by atoms with E-state index in [4.69, 9.17) is 5.73 Å². The molecule has 8 nitrogen and oxygen atoms in total. The van der Waals surface area contributed by atoms with Crippen LogP contribution in [0.25, 0.3) is 0 Å². The van der Waals surface area contributed by atoms with Gasteiger partial charge >= 0.3 is 5.97 Å². The molecule has 0 radical (unpaired) electrons. The average molecular weight is 276 g/mol. The van der Waals surface area contributed by atoms with E-state index < -0.39 is 17.8 Å². The first kappa shape index (κ1) is 13.5. The van der Waals surface area contributed by atoms with E-state index in [1.807, 2.05) is 0 Å². The van der Waals surface area contributed by atoms with E-state index in [-0.39, 0.29) is 18.1 Å². The van der Waals surface area contributed by atoms with Crippen molar-refractivity contribution >= 4 is 17.7 Å². The highest BCUT2D eigenvalue weighted by molar-refractivity contribution is 5.96. The topological polar surface area (TPSA) is 131 Å². The quantitative estimate of drug-likeness (QED) is 0.713. The van der Waals surface area contributed by atoms with Gasteiger partial charge < -0.3 is 16.2 Å². The number of aromatic nitrogens is 2. The van der Waals surface area contributed by atoms with Crippen LogP contribution in [0.3, 0.4) is 0 Å². The van der Waals surface area contributed by atoms with Gasteiger partial charge in [0.2, 0.25) is 11.5 Å². The smallest absolute Gasteiger partial charge is 0.312 e. The lowest BCUT2D eigenvalue weighted by atomic mass is 9.99. The van der Waals surface area contributed by atoms with Crippen LogP contribution in [-0.4, -0.2) is 33.8 Å². The molecule has 1 atom stereocenters. The molecule has 20 heavy (non-hydrogen) atoms. The number of carboxylic acid groups (broad SMARTS) is 1. The highest BCUT2D eigenvalue weighted by Crippen LogP contribution is 2.15. The standard InChI is InChI=1S/C12H12N4O4/c13-10-9(15-20-16-10)11(17)14-6-8(12(18)19)7-4-2-1-3-5-7/h1-5,8H,6H2,(H2,13,16)(H,14,17)(H,18,19). The molecule has 0 spiro atoms. The summed E-state index contributed by atoms with van der Waals surface area (Å²) in [5, 5.41) is 18.3. The number of carboxylic acids is 1. The summed E-state index contributed by atoms with van der Waals surface area (Å²) in [5.41, 5.74) is 5.80. The molecule has 104 valence electrons. The Balaban J connectivity index is 2.06. The van der Waals surface area contributed by atoms with Crippen LogP contribution in [0.15, 0.2) is 35.0 Å². The zero-order valence-corrected chi connectivity index (χ0v) is 10.3. The molecule has 1 aromatic carbocycles. The first-order valence-corrected chi connectivity index (χ1v) is 5.73. The number of nitrogen functional groups attached to an aromatic ring is 1. The Hall–Kier alpha value is -2.90. The summed E-state index contributed by atoms with van der Waals surface area (Å²) in [4.78, 5) is 23.0. The second-order valence-electron chi connectivity index (χ2n) is 4.01. The van der Waals surface area contributed by atoms with Gasteiger partial charge in [0.1, 0.15) is 0 Å². The number of nitrogens with zero attached hydrogens (tertiary/aromatic N) is 2. The fraction of sp³-hybridized carbons (Fsp3) is 0.167. The molecular formula is C12H12N4O4. The number of nitrogens with two attached hydrogens (primary N) is 1. The van der Waals surface area contributed by atoms with E-state index in [0.717, 1.165) is 0 Å². The maximum absolute atomic E-state index is 11.7. The number of nitrogens with one attached hydrogen (secondary N) is 1. The highest BCUT2D eigenvalue weighted by atomic mass is 16.6. The number of amides is 1. The van der Waals surface area contributed by atoms with Gasteiger partial charge in [0.05, 0.1) is 5.92 Å². The van der Waals surface area contributed by atoms with E-state index >= 15 is 0 Å². The van der Waals surface area contributed by atoms with Gasteiger partial charge in [-0.1, -0.05) is 30.3 Å². The largest absolute Gasteiger partial charge is 0.481 e. The van der Waals surface area contributed by atoms with Gasteiger partial charge in [-0.3, -0.25) is 9.59 Å². The van der Waals surface area contributed by atoms with Crippen molar-refractivity contribution in [1.29, 1.82) is 0 Å². The monoisotopic (exact) mass is 276 g/mol. The Kier molecular flexibility index (Phi) is 3.94. The number of rotatable bonds is 5. The summed E-state index contributed by atoms with van der Waals surface area (Å²) in [5.74, 6) is -2.68. The maximum Gasteiger partial charge on any atom is 0.312 e. The molecule has 2 rings (SSSR count). The molecule has 1 unspecified atom stereocenters. The molecule has 0 aliphatic carbocycles. The van der Waals surface area contributed by atoms with Crippen LogP contribution in [-0.2, 0) is 4.79 Å². The molecule has 1 aromatic heterocycles. The van der Waals surface area contributed by atoms with Gasteiger partial charge in [-0.05, 0) is 15.9 Å². The van der Waals surface area contributed by atoms with Crippen molar-refractivity contribution in [2.45, 2.75) is 5.92 Å². The minimum atomic E-state index is -1.04. The zero-order chi connectivity index (χ0) is 14.5. The number of aliphatic carboxylic acids is 1. The van der Waals surface area contributed by atoms with E-state index in [9.17, 15) is 14.7 Å². The number of carbonyl (C=O) groups excluding carboxylic acids is 1. The van der Waals surface area contributed by atoms with Crippen LogP contribution >= 0.6 is 0 Å². The van der Waals surface area contributed by atoms with Gasteiger partial charge in [-0.15, -0.1) is 0 Å². The lowest BCUT2D eigenvalue weighted by Gasteiger charge is -2.13. The number of carbonyl (C=O) groups is 2. The first-order chi connectivity index (χ1) is 9.59. The lowest BCUT2D eigenvalue weighted by Crippen LogP contribution is -2.32. The number of benzene rings is 1. The summed E-state index contributed by atoms with van der Waals surface area (Å²) in [6.45, 7) is -0.0928. The first-order valence-electron chi connectivity index (χ1n) is 5.73. The van der Waals surface area contributed by atoms with Crippen molar-refractivity contribution in [3.05, 3.63) is 41.6 Å². The number of hydrogen-bond acceptors (Lipinski definition) is 6. The van der Waals surface area contributed by atoms with Crippen molar-refractivity contribution in [3.8, 4) is 0 Å². The second kappa shape index (κ2) is 5.83. The Labute approximate surface area is 113 Å². The molecule has 8 heteroatoms. The molecule has 4 N–H and O–H groups in total. The van der Waals surface area contributed by atoms with Gasteiger partial charge in [0.25, 0.3) is 5.91 Å². The summed E-state index contributed by atoms with van der Waals surface area (Å²) < 4.78 is 4.30. The van der Waals surface area contributed by atoms with Gasteiger partial charge in [0, 0.05) is 6.54 Å². The van der Waals surface area contributed by atoms with Crippen LogP contribution < -0.4 is 11.1 Å². The van der Waals surface area contributed by atoms with Crippen LogP contribution in [0.4, 0.5) is 5.82 Å². The maximum atomic E-state index is 11.7. The van der Waals surface area contributed by atoms with Crippen LogP contribution in [0, 0.1) is 0 Å². The summed E-state index contributed by atoms with van der Waals surface area (Å²) in [6.07, 6.45) is 0. The average Bonchev–Trinajstić information content (AvgIpc) is 2.86. The fourth-order valence-corrected chi connectivity index (χ4v) is 1.66. The van der Waals surface area contributed by atoms with E-state index in [1.165, 1.54) is 0 Å². The van der Waals surface area contributed by atoms with Crippen LogP contribution in [0.5, 0.6) is 0 Å². The Morgan fingerprint density at radius 2 is 2.00 bits per heavy atom. The molecule has 0 fully saturated rings. The predicted molar refractivity (Wildman–Crippen MR) is 67.9 cm³/mol. The third-order valence-electron chi connectivity index (χ3n) is 2.70. The third-order valence-corrected chi connectivity index (χ3v) is 2.70. The number of anilines is 1. The summed E-state index contributed by atoms with van der Waals surface area (Å²) in [6, 6.07) is 8.59. The van der Waals surface area contributed by atoms with Crippen molar-refractivity contribution in [2.24, 2.45) is 0 Å².